The number of benzene rings is 4. The van der Waals surface area contributed by atoms with E-state index in [1.807, 2.05) is 6.07 Å². The van der Waals surface area contributed by atoms with Crippen molar-refractivity contribution in [3.8, 4) is 11.5 Å². The van der Waals surface area contributed by atoms with E-state index >= 15 is 0 Å². The highest BCUT2D eigenvalue weighted by Crippen LogP contribution is 2.25. The van der Waals surface area contributed by atoms with Gasteiger partial charge in [0.2, 0.25) is 0 Å². The Bertz CT molecular complexity index is 1540. The normalized spacial score (nSPS) is 11.1. The number of hydrazone groups is 1. The summed E-state index contributed by atoms with van der Waals surface area (Å²) in [6.07, 6.45) is 1.39. The first-order chi connectivity index (χ1) is 18.9. The molecule has 0 fully saturated rings. The van der Waals surface area contributed by atoms with Gasteiger partial charge in [-0.15, -0.1) is 0 Å². The summed E-state index contributed by atoms with van der Waals surface area (Å²) in [5, 5.41) is 3.93. The van der Waals surface area contributed by atoms with E-state index in [2.05, 4.69) is 10.5 Å². The Hall–Kier alpha value is -4.96. The first-order valence-corrected chi connectivity index (χ1v) is 13.2. The van der Waals surface area contributed by atoms with Crippen LogP contribution in [-0.4, -0.2) is 40.2 Å². The third-order valence-corrected chi connectivity index (χ3v) is 7.27. The van der Waals surface area contributed by atoms with Gasteiger partial charge in [0.05, 0.1) is 29.5 Å². The van der Waals surface area contributed by atoms with Crippen molar-refractivity contribution in [2.45, 2.75) is 4.90 Å². The number of rotatable bonds is 10. The van der Waals surface area contributed by atoms with Gasteiger partial charge in [0.25, 0.3) is 15.9 Å². The lowest BCUT2D eigenvalue weighted by Gasteiger charge is -2.23. The zero-order chi connectivity index (χ0) is 27.7. The number of methoxy groups -OCH3 is 1. The van der Waals surface area contributed by atoms with Crippen LogP contribution in [0.2, 0.25) is 0 Å². The highest BCUT2D eigenvalue weighted by atomic mass is 32.2. The molecule has 0 aliphatic carbocycles. The highest BCUT2D eigenvalue weighted by Gasteiger charge is 2.27. The van der Waals surface area contributed by atoms with Crippen molar-refractivity contribution in [3.05, 3.63) is 120 Å². The molecule has 0 aliphatic heterocycles. The molecule has 0 aliphatic rings. The molecule has 0 radical (unpaired) electrons. The van der Waals surface area contributed by atoms with Gasteiger partial charge in [-0.3, -0.25) is 9.10 Å². The second kappa shape index (κ2) is 12.5. The smallest absolute Gasteiger partial charge is 0.343 e. The fourth-order valence-electron chi connectivity index (χ4n) is 3.49. The number of para-hydroxylation sites is 1. The third-order valence-electron chi connectivity index (χ3n) is 5.48. The fraction of sp³-hybridized carbons (Fsp3) is 0.0690. The predicted molar refractivity (Wildman–Crippen MR) is 148 cm³/mol. The molecule has 0 heterocycles. The van der Waals surface area contributed by atoms with Gasteiger partial charge in [-0.2, -0.15) is 5.10 Å². The standard InChI is InChI=1S/C29H25N3O6S/c1-37-25-16-18-27(19-17-25)39(35,36)32(24-10-6-3-7-11-24)21-28(33)31-30-20-22-12-14-26(15-13-22)38-29(34)23-8-4-2-5-9-23/h2-20H,21H2,1H3,(H,31,33)/b30-20-. The maximum Gasteiger partial charge on any atom is 0.343 e. The Kier molecular flexibility index (Phi) is 8.70. The van der Waals surface area contributed by atoms with Crippen molar-refractivity contribution < 1.29 is 27.5 Å². The Balaban J connectivity index is 1.41. The molecular weight excluding hydrogens is 518 g/mol. The van der Waals surface area contributed by atoms with Gasteiger partial charge in [-0.25, -0.2) is 18.6 Å². The molecule has 0 aromatic heterocycles. The second-order valence-electron chi connectivity index (χ2n) is 8.14. The van der Waals surface area contributed by atoms with E-state index in [0.717, 1.165) is 4.31 Å². The van der Waals surface area contributed by atoms with Gasteiger partial charge in [-0.05, 0) is 78.4 Å². The van der Waals surface area contributed by atoms with Crippen LogP contribution < -0.4 is 19.2 Å². The summed E-state index contributed by atoms with van der Waals surface area (Å²) in [5.74, 6) is -0.251. The molecule has 4 rings (SSSR count). The average Bonchev–Trinajstić information content (AvgIpc) is 2.97. The molecule has 0 unspecified atom stereocenters. The largest absolute Gasteiger partial charge is 0.497 e. The van der Waals surface area contributed by atoms with E-state index in [1.165, 1.54) is 37.6 Å². The lowest BCUT2D eigenvalue weighted by atomic mass is 10.2. The Labute approximate surface area is 226 Å². The van der Waals surface area contributed by atoms with E-state index < -0.39 is 28.4 Å². The molecule has 1 N–H and O–H groups in total. The van der Waals surface area contributed by atoms with Crippen molar-refractivity contribution in [3.63, 3.8) is 0 Å². The molecule has 4 aromatic rings. The predicted octanol–water partition coefficient (Wildman–Crippen LogP) is 4.26. The van der Waals surface area contributed by atoms with Gasteiger partial charge in [0, 0.05) is 0 Å². The summed E-state index contributed by atoms with van der Waals surface area (Å²) >= 11 is 0. The van der Waals surface area contributed by atoms with E-state index in [9.17, 15) is 18.0 Å². The Morgan fingerprint density at radius 2 is 1.41 bits per heavy atom. The van der Waals surface area contributed by atoms with E-state index in [-0.39, 0.29) is 4.90 Å². The molecule has 1 amide bonds. The number of nitrogens with one attached hydrogen (secondary N) is 1. The minimum atomic E-state index is -4.06. The Morgan fingerprint density at radius 3 is 2.03 bits per heavy atom. The van der Waals surface area contributed by atoms with Crippen LogP contribution in [0.5, 0.6) is 11.5 Å². The molecule has 9 nitrogen and oxygen atoms in total. The lowest BCUT2D eigenvalue weighted by molar-refractivity contribution is -0.119. The number of sulfonamides is 1. The second-order valence-corrected chi connectivity index (χ2v) is 10.0. The molecule has 39 heavy (non-hydrogen) atoms. The highest BCUT2D eigenvalue weighted by molar-refractivity contribution is 7.92. The summed E-state index contributed by atoms with van der Waals surface area (Å²) < 4.78 is 38.2. The first-order valence-electron chi connectivity index (χ1n) is 11.8. The number of carbonyl (C=O) groups excluding carboxylic acids is 2. The van der Waals surface area contributed by atoms with Crippen molar-refractivity contribution >= 4 is 33.8 Å². The zero-order valence-corrected chi connectivity index (χ0v) is 21.7. The summed E-state index contributed by atoms with van der Waals surface area (Å²) in [7, 11) is -2.58. The summed E-state index contributed by atoms with van der Waals surface area (Å²) in [4.78, 5) is 24.9. The first kappa shape index (κ1) is 27.1. The molecule has 198 valence electrons. The SMILES string of the molecule is COc1ccc(S(=O)(=O)N(CC(=O)N/N=C\c2ccc(OC(=O)c3ccccc3)cc2)c2ccccc2)cc1. The quantitative estimate of drug-likeness (QED) is 0.138. The molecule has 0 atom stereocenters. The number of esters is 1. The summed E-state index contributed by atoms with van der Waals surface area (Å²) in [6, 6.07) is 29.4. The van der Waals surface area contributed by atoms with Crippen LogP contribution >= 0.6 is 0 Å². The monoisotopic (exact) mass is 543 g/mol. The number of anilines is 1. The van der Waals surface area contributed by atoms with Crippen LogP contribution in [0.1, 0.15) is 15.9 Å². The summed E-state index contributed by atoms with van der Waals surface area (Å²) in [6.45, 7) is -0.496. The van der Waals surface area contributed by atoms with Gasteiger partial charge in [0.15, 0.2) is 0 Å². The van der Waals surface area contributed by atoms with Crippen molar-refractivity contribution in [1.29, 1.82) is 0 Å². The van der Waals surface area contributed by atoms with E-state index in [1.54, 1.807) is 78.9 Å². The topological polar surface area (TPSA) is 114 Å². The van der Waals surface area contributed by atoms with Crippen LogP contribution in [0, 0.1) is 0 Å². The van der Waals surface area contributed by atoms with Crippen LogP contribution in [0.15, 0.2) is 119 Å². The number of amides is 1. The molecular formula is C29H25N3O6S. The molecule has 0 saturated heterocycles. The zero-order valence-electron chi connectivity index (χ0n) is 20.9. The van der Waals surface area contributed by atoms with E-state index in [0.29, 0.717) is 28.3 Å². The van der Waals surface area contributed by atoms with Crippen LogP contribution in [-0.2, 0) is 14.8 Å². The van der Waals surface area contributed by atoms with Crippen LogP contribution in [0.4, 0.5) is 5.69 Å². The molecule has 0 spiro atoms. The van der Waals surface area contributed by atoms with Gasteiger partial charge in [0.1, 0.15) is 18.0 Å². The number of hydrogen-bond donors (Lipinski definition) is 1. The minimum absolute atomic E-state index is 0.0107. The lowest BCUT2D eigenvalue weighted by Crippen LogP contribution is -2.39. The molecule has 0 saturated carbocycles. The van der Waals surface area contributed by atoms with Crippen LogP contribution in [0.3, 0.4) is 0 Å². The third kappa shape index (κ3) is 7.08. The molecule has 4 aromatic carbocycles. The molecule has 10 heteroatoms. The van der Waals surface area contributed by atoms with Gasteiger partial charge >= 0.3 is 5.97 Å². The van der Waals surface area contributed by atoms with Gasteiger partial charge < -0.3 is 9.47 Å². The number of carbonyl (C=O) groups is 2. The van der Waals surface area contributed by atoms with Crippen molar-refractivity contribution in [2.75, 3.05) is 18.0 Å². The van der Waals surface area contributed by atoms with Crippen molar-refractivity contribution in [2.24, 2.45) is 5.10 Å². The van der Waals surface area contributed by atoms with Crippen LogP contribution in [0.25, 0.3) is 0 Å². The average molecular weight is 544 g/mol. The maximum absolute atomic E-state index is 13.4. The maximum atomic E-state index is 13.4. The fourth-order valence-corrected chi connectivity index (χ4v) is 4.91. The Morgan fingerprint density at radius 1 is 0.821 bits per heavy atom. The number of ether oxygens (including phenoxy) is 2. The minimum Gasteiger partial charge on any atom is -0.497 e. The van der Waals surface area contributed by atoms with Gasteiger partial charge in [-0.1, -0.05) is 36.4 Å². The summed E-state index contributed by atoms with van der Waals surface area (Å²) in [5.41, 5.74) is 3.75. The number of nitrogens with zero attached hydrogens (tertiary/aromatic N) is 2. The number of hydrogen-bond acceptors (Lipinski definition) is 7. The van der Waals surface area contributed by atoms with Crippen molar-refractivity contribution in [1.82, 2.24) is 5.43 Å². The molecule has 0 bridgehead atoms. The van der Waals surface area contributed by atoms with E-state index in [4.69, 9.17) is 9.47 Å².